The van der Waals surface area contributed by atoms with E-state index < -0.39 is 25.4 Å². The maximum atomic E-state index is 12.1. The standard InChI is InChI=1S/C5H10F3N/c6-3-1-5(7,8)2-4-9/h1-4,9H2. The highest BCUT2D eigenvalue weighted by atomic mass is 19.3. The second-order valence-corrected chi connectivity index (χ2v) is 1.83. The molecule has 0 radical (unpaired) electrons. The molecule has 0 heterocycles. The van der Waals surface area contributed by atoms with Crippen LogP contribution in [-0.2, 0) is 0 Å². The van der Waals surface area contributed by atoms with E-state index in [4.69, 9.17) is 5.73 Å². The third-order valence-electron chi connectivity index (χ3n) is 0.970. The van der Waals surface area contributed by atoms with Crippen molar-refractivity contribution in [3.8, 4) is 0 Å². The minimum atomic E-state index is -2.90. The molecule has 0 amide bonds. The summed E-state index contributed by atoms with van der Waals surface area (Å²) < 4.78 is 35.5. The van der Waals surface area contributed by atoms with E-state index in [9.17, 15) is 13.2 Å². The minimum Gasteiger partial charge on any atom is -0.330 e. The van der Waals surface area contributed by atoms with Crippen molar-refractivity contribution in [1.82, 2.24) is 0 Å². The summed E-state index contributed by atoms with van der Waals surface area (Å²) in [5.41, 5.74) is 4.84. The molecule has 1 nitrogen and oxygen atoms in total. The summed E-state index contributed by atoms with van der Waals surface area (Å²) in [5.74, 6) is -2.90. The number of nitrogens with two attached hydrogens (primary N) is 1. The van der Waals surface area contributed by atoms with Crippen molar-refractivity contribution in [3.05, 3.63) is 0 Å². The Labute approximate surface area is 52.0 Å². The lowest BCUT2D eigenvalue weighted by molar-refractivity contribution is -0.0187. The summed E-state index contributed by atoms with van der Waals surface area (Å²) in [4.78, 5) is 0. The van der Waals surface area contributed by atoms with Gasteiger partial charge < -0.3 is 5.73 Å². The smallest absolute Gasteiger partial charge is 0.251 e. The van der Waals surface area contributed by atoms with Crippen LogP contribution in [0.1, 0.15) is 12.8 Å². The Morgan fingerprint density at radius 3 is 2.11 bits per heavy atom. The molecule has 0 spiro atoms. The van der Waals surface area contributed by atoms with Crippen LogP contribution in [0.4, 0.5) is 13.2 Å². The highest BCUT2D eigenvalue weighted by Crippen LogP contribution is 2.21. The fourth-order valence-electron chi connectivity index (χ4n) is 0.474. The van der Waals surface area contributed by atoms with Crippen LogP contribution in [0.5, 0.6) is 0 Å². The summed E-state index contributed by atoms with van der Waals surface area (Å²) in [6.07, 6.45) is -1.12. The molecule has 0 saturated heterocycles. The molecular weight excluding hydrogens is 131 g/mol. The van der Waals surface area contributed by atoms with Crippen molar-refractivity contribution in [2.75, 3.05) is 13.2 Å². The summed E-state index contributed by atoms with van der Waals surface area (Å²) >= 11 is 0. The molecule has 0 aliphatic heterocycles. The van der Waals surface area contributed by atoms with E-state index in [0.29, 0.717) is 0 Å². The van der Waals surface area contributed by atoms with Gasteiger partial charge in [-0.05, 0) is 6.54 Å². The van der Waals surface area contributed by atoms with Gasteiger partial charge in [0.2, 0.25) is 0 Å². The highest BCUT2D eigenvalue weighted by molar-refractivity contribution is 4.65. The van der Waals surface area contributed by atoms with Gasteiger partial charge in [0.05, 0.1) is 6.67 Å². The number of alkyl halides is 3. The number of hydrogen-bond acceptors (Lipinski definition) is 1. The first-order chi connectivity index (χ1) is 4.12. The molecule has 9 heavy (non-hydrogen) atoms. The molecule has 0 rings (SSSR count). The van der Waals surface area contributed by atoms with Crippen LogP contribution in [0, 0.1) is 0 Å². The predicted octanol–water partition coefficient (Wildman–Crippen LogP) is 1.33. The molecule has 0 atom stereocenters. The number of halogens is 3. The fourth-order valence-corrected chi connectivity index (χ4v) is 0.474. The molecule has 0 aliphatic carbocycles. The molecule has 0 aromatic carbocycles. The monoisotopic (exact) mass is 141 g/mol. The van der Waals surface area contributed by atoms with E-state index in [-0.39, 0.29) is 6.54 Å². The summed E-state index contributed by atoms with van der Waals surface area (Å²) in [6.45, 7) is -1.07. The predicted molar refractivity (Wildman–Crippen MR) is 29.2 cm³/mol. The van der Waals surface area contributed by atoms with Crippen molar-refractivity contribution in [1.29, 1.82) is 0 Å². The quantitative estimate of drug-likeness (QED) is 0.628. The van der Waals surface area contributed by atoms with Crippen LogP contribution in [0.2, 0.25) is 0 Å². The zero-order chi connectivity index (χ0) is 7.33. The number of rotatable bonds is 4. The van der Waals surface area contributed by atoms with E-state index in [1.807, 2.05) is 0 Å². The molecule has 0 bridgehead atoms. The van der Waals surface area contributed by atoms with Crippen molar-refractivity contribution in [3.63, 3.8) is 0 Å². The Morgan fingerprint density at radius 2 is 1.78 bits per heavy atom. The zero-order valence-electron chi connectivity index (χ0n) is 5.04. The molecule has 0 aromatic rings. The first-order valence-corrected chi connectivity index (χ1v) is 2.76. The van der Waals surface area contributed by atoms with E-state index >= 15 is 0 Å². The Morgan fingerprint density at radius 1 is 1.22 bits per heavy atom. The highest BCUT2D eigenvalue weighted by Gasteiger charge is 2.26. The average Bonchev–Trinajstić information content (AvgIpc) is 1.64. The van der Waals surface area contributed by atoms with Gasteiger partial charge in [-0.15, -0.1) is 0 Å². The van der Waals surface area contributed by atoms with Crippen LogP contribution in [0.25, 0.3) is 0 Å². The third-order valence-corrected chi connectivity index (χ3v) is 0.970. The summed E-state index contributed by atoms with van der Waals surface area (Å²) in [6, 6.07) is 0. The lowest BCUT2D eigenvalue weighted by atomic mass is 10.2. The van der Waals surface area contributed by atoms with Gasteiger partial charge >= 0.3 is 0 Å². The van der Waals surface area contributed by atoms with Gasteiger partial charge in [0, 0.05) is 12.8 Å². The topological polar surface area (TPSA) is 26.0 Å². The first-order valence-electron chi connectivity index (χ1n) is 2.76. The van der Waals surface area contributed by atoms with Gasteiger partial charge in [-0.2, -0.15) is 0 Å². The lowest BCUT2D eigenvalue weighted by Gasteiger charge is -2.11. The van der Waals surface area contributed by atoms with E-state index in [1.54, 1.807) is 0 Å². The van der Waals surface area contributed by atoms with Gasteiger partial charge in [0.1, 0.15) is 0 Å². The van der Waals surface area contributed by atoms with Crippen molar-refractivity contribution >= 4 is 0 Å². The average molecular weight is 141 g/mol. The van der Waals surface area contributed by atoms with Crippen LogP contribution in [0.3, 0.4) is 0 Å². The molecule has 0 fully saturated rings. The molecular formula is C5H10F3N. The molecule has 4 heteroatoms. The van der Waals surface area contributed by atoms with Crippen molar-refractivity contribution in [2.24, 2.45) is 5.73 Å². The minimum absolute atomic E-state index is 0.0903. The van der Waals surface area contributed by atoms with Crippen LogP contribution in [-0.4, -0.2) is 19.1 Å². The van der Waals surface area contributed by atoms with Crippen LogP contribution >= 0.6 is 0 Å². The molecule has 0 saturated carbocycles. The van der Waals surface area contributed by atoms with E-state index in [2.05, 4.69) is 0 Å². The van der Waals surface area contributed by atoms with Gasteiger partial charge in [0.15, 0.2) is 0 Å². The largest absolute Gasteiger partial charge is 0.330 e. The molecule has 0 aliphatic rings. The van der Waals surface area contributed by atoms with Gasteiger partial charge in [-0.3, -0.25) is 4.39 Å². The second kappa shape index (κ2) is 3.71. The molecule has 2 N–H and O–H groups in total. The Balaban J connectivity index is 3.43. The van der Waals surface area contributed by atoms with E-state index in [0.717, 1.165) is 0 Å². The Kier molecular flexibility index (Phi) is 3.61. The maximum Gasteiger partial charge on any atom is 0.251 e. The maximum absolute atomic E-state index is 12.1. The van der Waals surface area contributed by atoms with Crippen molar-refractivity contribution < 1.29 is 13.2 Å². The zero-order valence-corrected chi connectivity index (χ0v) is 5.04. The first kappa shape index (κ1) is 8.75. The van der Waals surface area contributed by atoms with Gasteiger partial charge in [-0.1, -0.05) is 0 Å². The fraction of sp³-hybridized carbons (Fsp3) is 1.00. The van der Waals surface area contributed by atoms with Gasteiger partial charge in [-0.25, -0.2) is 8.78 Å². The number of hydrogen-bond donors (Lipinski definition) is 1. The molecule has 0 unspecified atom stereocenters. The summed E-state index contributed by atoms with van der Waals surface area (Å²) in [7, 11) is 0. The van der Waals surface area contributed by atoms with Crippen LogP contribution in [0.15, 0.2) is 0 Å². The SMILES string of the molecule is NCCC(F)(F)CCF. The second-order valence-electron chi connectivity index (χ2n) is 1.83. The summed E-state index contributed by atoms with van der Waals surface area (Å²) in [5, 5.41) is 0. The Hall–Kier alpha value is -0.250. The normalized spacial score (nSPS) is 12.0. The van der Waals surface area contributed by atoms with Gasteiger partial charge in [0.25, 0.3) is 5.92 Å². The van der Waals surface area contributed by atoms with Crippen LogP contribution < -0.4 is 5.73 Å². The molecule has 0 aromatic heterocycles. The van der Waals surface area contributed by atoms with E-state index in [1.165, 1.54) is 0 Å². The molecule has 56 valence electrons. The van der Waals surface area contributed by atoms with Crippen molar-refractivity contribution in [2.45, 2.75) is 18.8 Å². The Bertz CT molecular complexity index is 66.6. The third kappa shape index (κ3) is 4.27. The lowest BCUT2D eigenvalue weighted by Crippen LogP contribution is -2.21.